The third-order valence-corrected chi connectivity index (χ3v) is 3.02. The fourth-order valence-electron chi connectivity index (χ4n) is 1.78. The molecule has 4 heteroatoms. The zero-order valence-corrected chi connectivity index (χ0v) is 11.0. The standard InChI is InChI=1S/C14H20N2O2/c1-10-3-4-12(16-11-5-6-11)9-13(10)14(17)15-7-8-18-2/h3-4,9,11,16H,5-8H2,1-2H3,(H,15,17). The molecule has 1 saturated carbocycles. The molecular formula is C14H20N2O2. The number of nitrogens with one attached hydrogen (secondary N) is 2. The maximum Gasteiger partial charge on any atom is 0.251 e. The lowest BCUT2D eigenvalue weighted by molar-refractivity contribution is 0.0936. The normalized spacial score (nSPS) is 14.3. The summed E-state index contributed by atoms with van der Waals surface area (Å²) in [5, 5.41) is 6.25. The summed E-state index contributed by atoms with van der Waals surface area (Å²) in [6.07, 6.45) is 2.45. The van der Waals surface area contributed by atoms with Gasteiger partial charge in [0.25, 0.3) is 5.91 Å². The summed E-state index contributed by atoms with van der Waals surface area (Å²) in [5.74, 6) is -0.0380. The molecule has 1 aromatic carbocycles. The monoisotopic (exact) mass is 248 g/mol. The largest absolute Gasteiger partial charge is 0.383 e. The van der Waals surface area contributed by atoms with Crippen LogP contribution in [0.25, 0.3) is 0 Å². The molecule has 0 aromatic heterocycles. The fraction of sp³-hybridized carbons (Fsp3) is 0.500. The van der Waals surface area contributed by atoms with E-state index < -0.39 is 0 Å². The molecule has 1 aliphatic carbocycles. The van der Waals surface area contributed by atoms with Gasteiger partial charge in [0, 0.05) is 30.9 Å². The SMILES string of the molecule is COCCNC(=O)c1cc(NC2CC2)ccc1C. The van der Waals surface area contributed by atoms with Crippen molar-refractivity contribution in [2.45, 2.75) is 25.8 Å². The molecule has 98 valence electrons. The van der Waals surface area contributed by atoms with Crippen LogP contribution >= 0.6 is 0 Å². The summed E-state index contributed by atoms with van der Waals surface area (Å²) in [4.78, 5) is 12.0. The van der Waals surface area contributed by atoms with Gasteiger partial charge in [-0.15, -0.1) is 0 Å². The van der Waals surface area contributed by atoms with Gasteiger partial charge in [0.2, 0.25) is 0 Å². The van der Waals surface area contributed by atoms with E-state index in [-0.39, 0.29) is 5.91 Å². The number of amides is 1. The van der Waals surface area contributed by atoms with Crippen molar-refractivity contribution in [1.82, 2.24) is 5.32 Å². The molecule has 0 heterocycles. The Kier molecular flexibility index (Phi) is 4.20. The fourth-order valence-corrected chi connectivity index (χ4v) is 1.78. The molecule has 0 unspecified atom stereocenters. The van der Waals surface area contributed by atoms with Crippen LogP contribution in [-0.2, 0) is 4.74 Å². The minimum absolute atomic E-state index is 0.0380. The van der Waals surface area contributed by atoms with Crippen molar-refractivity contribution in [3.8, 4) is 0 Å². The Morgan fingerprint density at radius 1 is 1.44 bits per heavy atom. The van der Waals surface area contributed by atoms with Crippen molar-refractivity contribution in [3.05, 3.63) is 29.3 Å². The van der Waals surface area contributed by atoms with E-state index in [4.69, 9.17) is 4.74 Å². The van der Waals surface area contributed by atoms with Crippen LogP contribution < -0.4 is 10.6 Å². The van der Waals surface area contributed by atoms with Gasteiger partial charge < -0.3 is 15.4 Å². The summed E-state index contributed by atoms with van der Waals surface area (Å²) in [6.45, 7) is 3.02. The summed E-state index contributed by atoms with van der Waals surface area (Å²) < 4.78 is 4.92. The lowest BCUT2D eigenvalue weighted by Crippen LogP contribution is -2.27. The van der Waals surface area contributed by atoms with Gasteiger partial charge in [0.05, 0.1) is 6.61 Å². The highest BCUT2D eigenvalue weighted by molar-refractivity contribution is 5.96. The number of carbonyl (C=O) groups is 1. The molecule has 4 nitrogen and oxygen atoms in total. The number of benzene rings is 1. The van der Waals surface area contributed by atoms with Crippen LogP contribution in [0.2, 0.25) is 0 Å². The van der Waals surface area contributed by atoms with E-state index in [9.17, 15) is 4.79 Å². The first-order chi connectivity index (χ1) is 8.70. The van der Waals surface area contributed by atoms with Crippen molar-refractivity contribution in [2.24, 2.45) is 0 Å². The first kappa shape index (κ1) is 12.9. The van der Waals surface area contributed by atoms with E-state index in [1.54, 1.807) is 7.11 Å². The van der Waals surface area contributed by atoms with E-state index in [0.29, 0.717) is 19.2 Å². The number of rotatable bonds is 6. The Hall–Kier alpha value is -1.55. The number of anilines is 1. The van der Waals surface area contributed by atoms with Crippen LogP contribution in [0.4, 0.5) is 5.69 Å². The molecule has 1 amide bonds. The van der Waals surface area contributed by atoms with Crippen LogP contribution in [0.3, 0.4) is 0 Å². The molecule has 1 aliphatic rings. The van der Waals surface area contributed by atoms with Gasteiger partial charge in [0.15, 0.2) is 0 Å². The number of aryl methyl sites for hydroxylation is 1. The molecule has 0 radical (unpaired) electrons. The molecule has 1 fully saturated rings. The van der Waals surface area contributed by atoms with E-state index in [1.807, 2.05) is 25.1 Å². The van der Waals surface area contributed by atoms with E-state index in [1.165, 1.54) is 12.8 Å². The summed E-state index contributed by atoms with van der Waals surface area (Å²) in [6, 6.07) is 6.53. The Bertz CT molecular complexity index is 428. The van der Waals surface area contributed by atoms with Gasteiger partial charge in [-0.2, -0.15) is 0 Å². The molecule has 0 spiro atoms. The highest BCUT2D eigenvalue weighted by Gasteiger charge is 2.21. The average molecular weight is 248 g/mol. The maximum atomic E-state index is 12.0. The van der Waals surface area contributed by atoms with E-state index in [2.05, 4.69) is 10.6 Å². The van der Waals surface area contributed by atoms with Crippen LogP contribution in [0.5, 0.6) is 0 Å². The second kappa shape index (κ2) is 5.87. The third-order valence-electron chi connectivity index (χ3n) is 3.02. The van der Waals surface area contributed by atoms with Crippen LogP contribution in [-0.4, -0.2) is 32.2 Å². The minimum atomic E-state index is -0.0380. The average Bonchev–Trinajstić information content (AvgIpc) is 3.16. The first-order valence-electron chi connectivity index (χ1n) is 6.35. The highest BCUT2D eigenvalue weighted by Crippen LogP contribution is 2.25. The summed E-state index contributed by atoms with van der Waals surface area (Å²) in [5.41, 5.74) is 2.75. The number of ether oxygens (including phenoxy) is 1. The molecule has 2 rings (SSSR count). The Balaban J connectivity index is 2.02. The zero-order chi connectivity index (χ0) is 13.0. The lowest BCUT2D eigenvalue weighted by atomic mass is 10.1. The highest BCUT2D eigenvalue weighted by atomic mass is 16.5. The van der Waals surface area contributed by atoms with Gasteiger partial charge >= 0.3 is 0 Å². The second-order valence-electron chi connectivity index (χ2n) is 4.70. The Morgan fingerprint density at radius 3 is 2.89 bits per heavy atom. The quantitative estimate of drug-likeness (QED) is 0.756. The van der Waals surface area contributed by atoms with Gasteiger partial charge in [-0.3, -0.25) is 4.79 Å². The Labute approximate surface area is 108 Å². The van der Waals surface area contributed by atoms with E-state index in [0.717, 1.165) is 16.8 Å². The third kappa shape index (κ3) is 3.47. The van der Waals surface area contributed by atoms with Crippen molar-refractivity contribution in [3.63, 3.8) is 0 Å². The van der Waals surface area contributed by atoms with Crippen LogP contribution in [0.1, 0.15) is 28.8 Å². The van der Waals surface area contributed by atoms with Gasteiger partial charge in [-0.05, 0) is 37.5 Å². The minimum Gasteiger partial charge on any atom is -0.383 e. The number of carbonyl (C=O) groups excluding carboxylic acids is 1. The Morgan fingerprint density at radius 2 is 2.22 bits per heavy atom. The molecular weight excluding hydrogens is 228 g/mol. The molecule has 2 N–H and O–H groups in total. The zero-order valence-electron chi connectivity index (χ0n) is 11.0. The second-order valence-corrected chi connectivity index (χ2v) is 4.70. The van der Waals surface area contributed by atoms with Gasteiger partial charge in [-0.25, -0.2) is 0 Å². The van der Waals surface area contributed by atoms with Crippen molar-refractivity contribution in [1.29, 1.82) is 0 Å². The topological polar surface area (TPSA) is 50.4 Å². The number of hydrogen-bond acceptors (Lipinski definition) is 3. The predicted molar refractivity (Wildman–Crippen MR) is 72.0 cm³/mol. The van der Waals surface area contributed by atoms with Crippen LogP contribution in [0.15, 0.2) is 18.2 Å². The van der Waals surface area contributed by atoms with Gasteiger partial charge in [-0.1, -0.05) is 6.07 Å². The lowest BCUT2D eigenvalue weighted by Gasteiger charge is -2.10. The molecule has 1 aromatic rings. The van der Waals surface area contributed by atoms with E-state index >= 15 is 0 Å². The van der Waals surface area contributed by atoms with Gasteiger partial charge in [0.1, 0.15) is 0 Å². The number of methoxy groups -OCH3 is 1. The summed E-state index contributed by atoms with van der Waals surface area (Å²) in [7, 11) is 1.62. The molecule has 0 aliphatic heterocycles. The molecule has 0 saturated heterocycles. The molecule has 18 heavy (non-hydrogen) atoms. The molecule has 0 bridgehead atoms. The van der Waals surface area contributed by atoms with Crippen molar-refractivity contribution in [2.75, 3.05) is 25.6 Å². The predicted octanol–water partition coefficient (Wildman–Crippen LogP) is 1.95. The smallest absolute Gasteiger partial charge is 0.251 e. The van der Waals surface area contributed by atoms with Crippen molar-refractivity contribution >= 4 is 11.6 Å². The van der Waals surface area contributed by atoms with Crippen LogP contribution in [0, 0.1) is 6.92 Å². The summed E-state index contributed by atoms with van der Waals surface area (Å²) >= 11 is 0. The first-order valence-corrected chi connectivity index (χ1v) is 6.35. The maximum absolute atomic E-state index is 12.0. The molecule has 0 atom stereocenters. The van der Waals surface area contributed by atoms with Crippen molar-refractivity contribution < 1.29 is 9.53 Å². The number of hydrogen-bond donors (Lipinski definition) is 2.